The Morgan fingerprint density at radius 2 is 2.14 bits per heavy atom. The first kappa shape index (κ1) is 16.3. The molecule has 0 aliphatic heterocycles. The maximum Gasteiger partial charge on any atom is 0.290 e. The van der Waals surface area contributed by atoms with Gasteiger partial charge in [-0.15, -0.1) is 0 Å². The Labute approximate surface area is 131 Å². The number of benzene rings is 1. The minimum atomic E-state index is -3.92. The molecule has 0 amide bonds. The summed E-state index contributed by atoms with van der Waals surface area (Å²) in [5, 5.41) is 11.0. The van der Waals surface area contributed by atoms with Gasteiger partial charge in [0.2, 0.25) is 10.0 Å². The summed E-state index contributed by atoms with van der Waals surface area (Å²) < 4.78 is 27.7. The molecule has 1 aromatic rings. The van der Waals surface area contributed by atoms with Crippen LogP contribution in [0.5, 0.6) is 0 Å². The van der Waals surface area contributed by atoms with Gasteiger partial charge in [-0.25, -0.2) is 13.1 Å². The molecule has 0 spiro atoms. The zero-order valence-corrected chi connectivity index (χ0v) is 13.6. The molecule has 9 heteroatoms. The van der Waals surface area contributed by atoms with Gasteiger partial charge in [0.25, 0.3) is 5.69 Å². The molecular weight excluding hydrogens is 362 g/mol. The lowest BCUT2D eigenvalue weighted by Gasteiger charge is -2.13. The number of nitrogens with two attached hydrogens (primary N) is 1. The van der Waals surface area contributed by atoms with E-state index in [1.54, 1.807) is 0 Å². The predicted octanol–water partition coefficient (Wildman–Crippen LogP) is 1.76. The van der Waals surface area contributed by atoms with Gasteiger partial charge in [-0.05, 0) is 43.9 Å². The molecule has 2 rings (SSSR count). The average Bonchev–Trinajstić information content (AvgIpc) is 2.85. The van der Waals surface area contributed by atoms with E-state index in [1.165, 1.54) is 18.2 Å². The number of hydrogen-bond acceptors (Lipinski definition) is 5. The zero-order valence-electron chi connectivity index (χ0n) is 11.2. The first-order chi connectivity index (χ1) is 9.83. The van der Waals surface area contributed by atoms with Crippen LogP contribution in [0.2, 0.25) is 0 Å². The Hall–Kier alpha value is -1.03. The molecule has 1 saturated carbocycles. The lowest BCUT2D eigenvalue weighted by atomic mass is 10.1. The summed E-state index contributed by atoms with van der Waals surface area (Å²) in [6, 6.07) is 3.68. The fourth-order valence-electron chi connectivity index (χ4n) is 2.54. The molecule has 0 aromatic heterocycles. The number of sulfonamides is 1. The third-order valence-electron chi connectivity index (χ3n) is 3.60. The summed E-state index contributed by atoms with van der Waals surface area (Å²) in [5.74, 6) is 0.303. The van der Waals surface area contributed by atoms with Crippen LogP contribution in [0.15, 0.2) is 27.6 Å². The van der Waals surface area contributed by atoms with Crippen LogP contribution in [-0.4, -0.2) is 25.9 Å². The third kappa shape index (κ3) is 3.79. The van der Waals surface area contributed by atoms with E-state index in [-0.39, 0.29) is 10.9 Å². The molecule has 0 saturated heterocycles. The molecule has 2 atom stereocenters. The molecular formula is C12H16BrN3O4S. The molecule has 1 fully saturated rings. The van der Waals surface area contributed by atoms with E-state index >= 15 is 0 Å². The normalized spacial score (nSPS) is 22.4. The molecule has 1 aliphatic carbocycles. The summed E-state index contributed by atoms with van der Waals surface area (Å²) in [4.78, 5) is 10.0. The quantitative estimate of drug-likeness (QED) is 0.598. The highest BCUT2D eigenvalue weighted by Crippen LogP contribution is 2.30. The van der Waals surface area contributed by atoms with Crippen LogP contribution in [0.4, 0.5) is 5.69 Å². The van der Waals surface area contributed by atoms with Crippen LogP contribution in [0.25, 0.3) is 0 Å². The fraction of sp³-hybridized carbons (Fsp3) is 0.500. The largest absolute Gasteiger partial charge is 0.330 e. The van der Waals surface area contributed by atoms with Crippen molar-refractivity contribution in [2.24, 2.45) is 11.7 Å². The van der Waals surface area contributed by atoms with E-state index in [4.69, 9.17) is 5.73 Å². The monoisotopic (exact) mass is 377 g/mol. The summed E-state index contributed by atoms with van der Waals surface area (Å²) >= 11 is 3.10. The third-order valence-corrected chi connectivity index (χ3v) is 5.66. The number of nitrogens with zero attached hydrogens (tertiary/aromatic N) is 1. The van der Waals surface area contributed by atoms with Crippen LogP contribution in [0, 0.1) is 16.0 Å². The van der Waals surface area contributed by atoms with E-state index in [1.807, 2.05) is 0 Å². The van der Waals surface area contributed by atoms with Gasteiger partial charge in [0, 0.05) is 16.6 Å². The van der Waals surface area contributed by atoms with E-state index < -0.39 is 20.6 Å². The Morgan fingerprint density at radius 1 is 1.43 bits per heavy atom. The first-order valence-electron chi connectivity index (χ1n) is 6.50. The second-order valence-electron chi connectivity index (χ2n) is 5.10. The summed E-state index contributed by atoms with van der Waals surface area (Å²) in [6.45, 7) is 0.524. The van der Waals surface area contributed by atoms with Gasteiger partial charge in [0.15, 0.2) is 4.90 Å². The van der Waals surface area contributed by atoms with E-state index in [0.29, 0.717) is 29.8 Å². The van der Waals surface area contributed by atoms with E-state index in [2.05, 4.69) is 20.7 Å². The van der Waals surface area contributed by atoms with Gasteiger partial charge in [-0.1, -0.05) is 15.9 Å². The van der Waals surface area contributed by atoms with Gasteiger partial charge in [-0.2, -0.15) is 0 Å². The van der Waals surface area contributed by atoms with Crippen molar-refractivity contribution in [1.29, 1.82) is 0 Å². The molecule has 0 bridgehead atoms. The van der Waals surface area contributed by atoms with Gasteiger partial charge in [0.1, 0.15) is 0 Å². The lowest BCUT2D eigenvalue weighted by Crippen LogP contribution is -2.33. The molecule has 21 heavy (non-hydrogen) atoms. The molecule has 116 valence electrons. The average molecular weight is 378 g/mol. The summed E-state index contributed by atoms with van der Waals surface area (Å²) in [7, 11) is -3.92. The molecule has 0 heterocycles. The van der Waals surface area contributed by atoms with Crippen LogP contribution < -0.4 is 10.5 Å². The Bertz CT molecular complexity index is 650. The molecule has 7 nitrogen and oxygen atoms in total. The Kier molecular flexibility index (Phi) is 4.97. The van der Waals surface area contributed by atoms with Crippen molar-refractivity contribution in [3.8, 4) is 0 Å². The van der Waals surface area contributed by atoms with Crippen molar-refractivity contribution in [2.75, 3.05) is 6.54 Å². The molecule has 1 aromatic carbocycles. The lowest BCUT2D eigenvalue weighted by molar-refractivity contribution is -0.387. The molecule has 3 N–H and O–H groups in total. The summed E-state index contributed by atoms with van der Waals surface area (Å²) in [5.41, 5.74) is 5.14. The predicted molar refractivity (Wildman–Crippen MR) is 81.3 cm³/mol. The van der Waals surface area contributed by atoms with Crippen LogP contribution in [0.3, 0.4) is 0 Å². The molecule has 1 aliphatic rings. The van der Waals surface area contributed by atoms with Crippen molar-refractivity contribution >= 4 is 31.6 Å². The number of rotatable bonds is 5. The van der Waals surface area contributed by atoms with Crippen molar-refractivity contribution in [3.05, 3.63) is 32.8 Å². The van der Waals surface area contributed by atoms with Crippen molar-refractivity contribution in [3.63, 3.8) is 0 Å². The second kappa shape index (κ2) is 6.39. The van der Waals surface area contributed by atoms with Crippen molar-refractivity contribution in [1.82, 2.24) is 4.72 Å². The number of nitrogens with one attached hydrogen (secondary N) is 1. The molecule has 0 radical (unpaired) electrons. The highest BCUT2D eigenvalue weighted by atomic mass is 79.9. The van der Waals surface area contributed by atoms with E-state index in [9.17, 15) is 18.5 Å². The van der Waals surface area contributed by atoms with Crippen molar-refractivity contribution in [2.45, 2.75) is 30.2 Å². The highest BCUT2D eigenvalue weighted by Gasteiger charge is 2.31. The topological polar surface area (TPSA) is 115 Å². The maximum absolute atomic E-state index is 12.4. The second-order valence-corrected chi connectivity index (χ2v) is 7.70. The first-order valence-corrected chi connectivity index (χ1v) is 8.77. The standard InChI is InChI=1S/C12H16BrN3O4S/c13-9-2-4-12(11(6-9)16(17)18)21(19,20)15-10-3-1-8(5-10)7-14/h2,4,6,8,10,15H,1,3,5,7,14H2. The zero-order chi connectivity index (χ0) is 15.6. The maximum atomic E-state index is 12.4. The van der Waals surface area contributed by atoms with Crippen LogP contribution in [-0.2, 0) is 10.0 Å². The molecule has 2 unspecified atom stereocenters. The number of halogens is 1. The minimum absolute atomic E-state index is 0.216. The minimum Gasteiger partial charge on any atom is -0.330 e. The van der Waals surface area contributed by atoms with Gasteiger partial charge in [-0.3, -0.25) is 10.1 Å². The van der Waals surface area contributed by atoms with Crippen LogP contribution >= 0.6 is 15.9 Å². The Morgan fingerprint density at radius 3 is 2.71 bits per heavy atom. The van der Waals surface area contributed by atoms with Gasteiger partial charge >= 0.3 is 0 Å². The smallest absolute Gasteiger partial charge is 0.290 e. The number of nitro groups is 1. The number of nitro benzene ring substituents is 1. The SMILES string of the molecule is NCC1CCC(NS(=O)(=O)c2ccc(Br)cc2[N+](=O)[O-])C1. The summed E-state index contributed by atoms with van der Waals surface area (Å²) in [6.07, 6.45) is 2.23. The van der Waals surface area contributed by atoms with Crippen LogP contribution in [0.1, 0.15) is 19.3 Å². The number of hydrogen-bond donors (Lipinski definition) is 2. The van der Waals surface area contributed by atoms with E-state index in [0.717, 1.165) is 6.42 Å². The Balaban J connectivity index is 2.26. The van der Waals surface area contributed by atoms with Gasteiger partial charge in [0.05, 0.1) is 4.92 Å². The highest BCUT2D eigenvalue weighted by molar-refractivity contribution is 9.10. The van der Waals surface area contributed by atoms with Crippen molar-refractivity contribution < 1.29 is 13.3 Å². The fourth-order valence-corrected chi connectivity index (χ4v) is 4.32. The van der Waals surface area contributed by atoms with Gasteiger partial charge < -0.3 is 5.73 Å².